The van der Waals surface area contributed by atoms with E-state index in [1.54, 1.807) is 31.3 Å². The molecular weight excluding hydrogens is 332 g/mol. The lowest BCUT2D eigenvalue weighted by Crippen LogP contribution is -2.12. The standard InChI is InChI=1S/C16H13F2N5O2/c1-23-14(20-21-22-23)10-4-2-6-12(8-10)19-15(24)11-5-3-7-13(9-11)25-16(17)18/h2-9,16H,1H3,(H,19,24). The van der Waals surface area contributed by atoms with Crippen molar-refractivity contribution in [2.75, 3.05) is 5.32 Å². The van der Waals surface area contributed by atoms with Gasteiger partial charge in [-0.25, -0.2) is 4.68 Å². The number of aromatic nitrogens is 4. The van der Waals surface area contributed by atoms with Gasteiger partial charge in [-0.3, -0.25) is 4.79 Å². The van der Waals surface area contributed by atoms with Crippen LogP contribution < -0.4 is 10.1 Å². The number of carbonyl (C=O) groups is 1. The molecule has 1 amide bonds. The number of tetrazole rings is 1. The van der Waals surface area contributed by atoms with Crippen molar-refractivity contribution in [1.29, 1.82) is 0 Å². The molecule has 0 spiro atoms. The summed E-state index contributed by atoms with van der Waals surface area (Å²) in [5.41, 5.74) is 1.44. The minimum atomic E-state index is -2.95. The zero-order valence-corrected chi connectivity index (χ0v) is 13.1. The third-order valence-corrected chi connectivity index (χ3v) is 3.32. The third-order valence-electron chi connectivity index (χ3n) is 3.32. The average Bonchev–Trinajstić information content (AvgIpc) is 3.01. The van der Waals surface area contributed by atoms with Gasteiger partial charge in [0.2, 0.25) is 0 Å². The number of hydrogen-bond donors (Lipinski definition) is 1. The van der Waals surface area contributed by atoms with Crippen LogP contribution in [-0.4, -0.2) is 32.7 Å². The number of rotatable bonds is 5. The van der Waals surface area contributed by atoms with Crippen LogP contribution in [0.3, 0.4) is 0 Å². The van der Waals surface area contributed by atoms with E-state index in [0.717, 1.165) is 5.56 Å². The van der Waals surface area contributed by atoms with E-state index < -0.39 is 12.5 Å². The average molecular weight is 345 g/mol. The fraction of sp³-hybridized carbons (Fsp3) is 0.125. The van der Waals surface area contributed by atoms with E-state index in [4.69, 9.17) is 0 Å². The van der Waals surface area contributed by atoms with Crippen molar-refractivity contribution in [2.24, 2.45) is 7.05 Å². The number of nitrogens with one attached hydrogen (secondary N) is 1. The molecule has 0 atom stereocenters. The van der Waals surface area contributed by atoms with Crippen molar-refractivity contribution in [2.45, 2.75) is 6.61 Å². The molecule has 0 unspecified atom stereocenters. The van der Waals surface area contributed by atoms with Crippen molar-refractivity contribution in [3.05, 3.63) is 54.1 Å². The van der Waals surface area contributed by atoms with Crippen LogP contribution in [0.4, 0.5) is 14.5 Å². The Kier molecular flexibility index (Phi) is 4.64. The molecule has 2 aromatic carbocycles. The van der Waals surface area contributed by atoms with Crippen molar-refractivity contribution in [3.8, 4) is 17.1 Å². The lowest BCUT2D eigenvalue weighted by Gasteiger charge is -2.09. The highest BCUT2D eigenvalue weighted by atomic mass is 19.3. The molecule has 7 nitrogen and oxygen atoms in total. The molecule has 0 fully saturated rings. The van der Waals surface area contributed by atoms with E-state index in [1.165, 1.54) is 28.9 Å². The van der Waals surface area contributed by atoms with Gasteiger partial charge in [-0.1, -0.05) is 18.2 Å². The van der Waals surface area contributed by atoms with Gasteiger partial charge in [0.15, 0.2) is 5.82 Å². The Hall–Kier alpha value is -3.36. The van der Waals surface area contributed by atoms with E-state index in [1.807, 2.05) is 0 Å². The molecule has 0 saturated carbocycles. The van der Waals surface area contributed by atoms with Crippen LogP contribution in [0, 0.1) is 0 Å². The highest BCUT2D eigenvalue weighted by Gasteiger charge is 2.11. The zero-order valence-electron chi connectivity index (χ0n) is 13.1. The largest absolute Gasteiger partial charge is 0.435 e. The Morgan fingerprint density at radius 1 is 1.20 bits per heavy atom. The molecule has 0 saturated heterocycles. The summed E-state index contributed by atoms with van der Waals surface area (Å²) in [5, 5.41) is 13.9. The summed E-state index contributed by atoms with van der Waals surface area (Å²) in [6.45, 7) is -2.95. The maximum Gasteiger partial charge on any atom is 0.387 e. The molecule has 0 aliphatic carbocycles. The van der Waals surface area contributed by atoms with Crippen LogP contribution in [0.5, 0.6) is 5.75 Å². The number of alkyl halides is 2. The topological polar surface area (TPSA) is 81.9 Å². The van der Waals surface area contributed by atoms with E-state index in [0.29, 0.717) is 11.5 Å². The van der Waals surface area contributed by atoms with Crippen LogP contribution in [0.25, 0.3) is 11.4 Å². The summed E-state index contributed by atoms with van der Waals surface area (Å²) in [5.74, 6) is 0.0120. The Labute approximate surface area is 141 Å². The first-order chi connectivity index (χ1) is 12.0. The molecule has 1 heterocycles. The van der Waals surface area contributed by atoms with Crippen molar-refractivity contribution >= 4 is 11.6 Å². The monoisotopic (exact) mass is 345 g/mol. The molecule has 1 aromatic heterocycles. The SMILES string of the molecule is Cn1nnnc1-c1cccc(NC(=O)c2cccc(OC(F)F)c2)c1. The van der Waals surface area contributed by atoms with Crippen LogP contribution in [0.1, 0.15) is 10.4 Å². The minimum absolute atomic E-state index is 0.0819. The minimum Gasteiger partial charge on any atom is -0.435 e. The summed E-state index contributed by atoms with van der Waals surface area (Å²) >= 11 is 0. The summed E-state index contributed by atoms with van der Waals surface area (Å²) in [4.78, 5) is 12.3. The molecule has 0 aliphatic heterocycles. The van der Waals surface area contributed by atoms with E-state index in [9.17, 15) is 13.6 Å². The first-order valence-electron chi connectivity index (χ1n) is 7.22. The second-order valence-corrected chi connectivity index (χ2v) is 5.07. The molecular formula is C16H13F2N5O2. The molecule has 0 bridgehead atoms. The second kappa shape index (κ2) is 7.04. The maximum atomic E-state index is 12.3. The Morgan fingerprint density at radius 2 is 2.00 bits per heavy atom. The number of amides is 1. The van der Waals surface area contributed by atoms with Crippen LogP contribution >= 0.6 is 0 Å². The van der Waals surface area contributed by atoms with Gasteiger partial charge >= 0.3 is 6.61 Å². The van der Waals surface area contributed by atoms with Gasteiger partial charge in [-0.2, -0.15) is 8.78 Å². The summed E-state index contributed by atoms with van der Waals surface area (Å²) in [7, 11) is 1.70. The molecule has 0 aliphatic rings. The van der Waals surface area contributed by atoms with Crippen molar-refractivity contribution in [1.82, 2.24) is 20.2 Å². The summed E-state index contributed by atoms with van der Waals surface area (Å²) < 4.78 is 30.3. The molecule has 128 valence electrons. The zero-order chi connectivity index (χ0) is 17.8. The smallest absolute Gasteiger partial charge is 0.387 e. The first-order valence-corrected chi connectivity index (χ1v) is 7.22. The van der Waals surface area contributed by atoms with E-state index in [2.05, 4.69) is 25.6 Å². The molecule has 3 aromatic rings. The number of ether oxygens (including phenoxy) is 1. The Balaban J connectivity index is 1.79. The number of nitrogens with zero attached hydrogens (tertiary/aromatic N) is 4. The molecule has 1 N–H and O–H groups in total. The lowest BCUT2D eigenvalue weighted by molar-refractivity contribution is -0.0498. The fourth-order valence-electron chi connectivity index (χ4n) is 2.23. The lowest BCUT2D eigenvalue weighted by atomic mass is 10.1. The van der Waals surface area contributed by atoms with Crippen LogP contribution in [0.2, 0.25) is 0 Å². The molecule has 3 rings (SSSR count). The van der Waals surface area contributed by atoms with E-state index in [-0.39, 0.29) is 11.3 Å². The van der Waals surface area contributed by atoms with Crippen LogP contribution in [0.15, 0.2) is 48.5 Å². The highest BCUT2D eigenvalue weighted by Crippen LogP contribution is 2.21. The number of halogens is 2. The number of anilines is 1. The number of benzene rings is 2. The quantitative estimate of drug-likeness (QED) is 0.769. The number of hydrogen-bond acceptors (Lipinski definition) is 5. The van der Waals surface area contributed by atoms with Crippen molar-refractivity contribution in [3.63, 3.8) is 0 Å². The Morgan fingerprint density at radius 3 is 2.72 bits per heavy atom. The number of carbonyl (C=O) groups excluding carboxylic acids is 1. The van der Waals surface area contributed by atoms with E-state index >= 15 is 0 Å². The fourth-order valence-corrected chi connectivity index (χ4v) is 2.23. The molecule has 25 heavy (non-hydrogen) atoms. The molecule has 9 heteroatoms. The highest BCUT2D eigenvalue weighted by molar-refractivity contribution is 6.04. The van der Waals surface area contributed by atoms with Gasteiger partial charge < -0.3 is 10.1 Å². The Bertz CT molecular complexity index is 897. The van der Waals surface area contributed by atoms with Gasteiger partial charge in [0, 0.05) is 23.9 Å². The summed E-state index contributed by atoms with van der Waals surface area (Å²) in [6.07, 6.45) is 0. The predicted octanol–water partition coefficient (Wildman–Crippen LogP) is 2.73. The predicted molar refractivity (Wildman–Crippen MR) is 85.3 cm³/mol. The van der Waals surface area contributed by atoms with Crippen LogP contribution in [-0.2, 0) is 7.05 Å². The number of aryl methyl sites for hydroxylation is 1. The second-order valence-electron chi connectivity index (χ2n) is 5.07. The normalized spacial score (nSPS) is 10.7. The van der Waals surface area contributed by atoms with Gasteiger partial charge in [-0.15, -0.1) is 5.10 Å². The van der Waals surface area contributed by atoms with Gasteiger partial charge in [0.25, 0.3) is 5.91 Å². The molecule has 0 radical (unpaired) electrons. The van der Waals surface area contributed by atoms with Gasteiger partial charge in [-0.05, 0) is 40.8 Å². The van der Waals surface area contributed by atoms with Crippen molar-refractivity contribution < 1.29 is 18.3 Å². The first kappa shape index (κ1) is 16.5. The summed E-state index contributed by atoms with van der Waals surface area (Å²) in [6, 6.07) is 12.5. The third kappa shape index (κ3) is 3.94. The van der Waals surface area contributed by atoms with Gasteiger partial charge in [0.05, 0.1) is 0 Å². The maximum absolute atomic E-state index is 12.3. The van der Waals surface area contributed by atoms with Gasteiger partial charge in [0.1, 0.15) is 5.75 Å².